The fourth-order valence-electron chi connectivity index (χ4n) is 1.76. The summed E-state index contributed by atoms with van der Waals surface area (Å²) in [6.45, 7) is 0.725. The minimum Gasteiger partial charge on any atom is -0.354 e. The highest BCUT2D eigenvalue weighted by atomic mass is 35.5. The van der Waals surface area contributed by atoms with Crippen LogP contribution in [0.25, 0.3) is 11.3 Å². The molecule has 1 heterocycles. The van der Waals surface area contributed by atoms with Crippen LogP contribution < -0.4 is 5.32 Å². The number of hydrogen-bond acceptors (Lipinski definition) is 3. The Kier molecular flexibility index (Phi) is 5.03. The van der Waals surface area contributed by atoms with Crippen molar-refractivity contribution in [3.8, 4) is 11.3 Å². The van der Waals surface area contributed by atoms with Gasteiger partial charge < -0.3 is 9.84 Å². The smallest absolute Gasteiger partial charge is 0.354 e. The molecular weight excluding hydrogens is 378 g/mol. The van der Waals surface area contributed by atoms with Crippen molar-refractivity contribution in [3.05, 3.63) is 40.5 Å². The van der Waals surface area contributed by atoms with Crippen LogP contribution in [0.1, 0.15) is 23.0 Å². The highest BCUT2D eigenvalue weighted by Crippen LogP contribution is 2.34. The first-order valence-corrected chi connectivity index (χ1v) is 6.99. The van der Waals surface area contributed by atoms with Gasteiger partial charge >= 0.3 is 12.4 Å². The van der Waals surface area contributed by atoms with Gasteiger partial charge in [-0.15, -0.1) is 0 Å². The molecule has 0 saturated carbocycles. The van der Waals surface area contributed by atoms with Crippen LogP contribution in [0.4, 0.5) is 26.3 Å². The standard InChI is InChI=1S/C14H9ClF6N2O2/c1-6(13(16,17)18)22-12(24)10-9(15)11(25-23-10)7-2-4-8(5-3-7)14(19,20)21/h2-6H,1H3,(H,22,24). The molecule has 0 fully saturated rings. The van der Waals surface area contributed by atoms with Crippen molar-refractivity contribution in [2.75, 3.05) is 0 Å². The van der Waals surface area contributed by atoms with Crippen LogP contribution in [-0.2, 0) is 6.18 Å². The van der Waals surface area contributed by atoms with Crippen LogP contribution in [0, 0.1) is 0 Å². The Morgan fingerprint density at radius 3 is 2.20 bits per heavy atom. The van der Waals surface area contributed by atoms with Gasteiger partial charge in [-0.05, 0) is 19.1 Å². The van der Waals surface area contributed by atoms with E-state index in [1.165, 1.54) is 0 Å². The minimum atomic E-state index is -4.66. The number of halogens is 7. The SMILES string of the molecule is CC(NC(=O)c1noc(-c2ccc(C(F)(F)F)cc2)c1Cl)C(F)(F)F. The summed E-state index contributed by atoms with van der Waals surface area (Å²) in [4.78, 5) is 11.8. The van der Waals surface area contributed by atoms with Crippen LogP contribution in [0.3, 0.4) is 0 Å². The monoisotopic (exact) mass is 386 g/mol. The van der Waals surface area contributed by atoms with E-state index in [1.807, 2.05) is 0 Å². The number of carbonyl (C=O) groups excluding carboxylic acids is 1. The zero-order valence-electron chi connectivity index (χ0n) is 12.3. The van der Waals surface area contributed by atoms with E-state index in [2.05, 4.69) is 5.16 Å². The number of benzene rings is 1. The van der Waals surface area contributed by atoms with Crippen molar-refractivity contribution < 1.29 is 35.7 Å². The molecule has 1 aromatic heterocycles. The van der Waals surface area contributed by atoms with Gasteiger partial charge in [-0.3, -0.25) is 4.79 Å². The first kappa shape index (κ1) is 19.1. The summed E-state index contributed by atoms with van der Waals surface area (Å²) in [5, 5.41) is 4.53. The van der Waals surface area contributed by atoms with Crippen molar-refractivity contribution in [1.82, 2.24) is 10.5 Å². The minimum absolute atomic E-state index is 0.0772. The molecule has 0 spiro atoms. The quantitative estimate of drug-likeness (QED) is 0.778. The summed E-state index contributed by atoms with van der Waals surface area (Å²) in [6, 6.07) is 1.45. The van der Waals surface area contributed by atoms with E-state index in [1.54, 1.807) is 5.32 Å². The van der Waals surface area contributed by atoms with E-state index in [0.717, 1.165) is 31.2 Å². The summed E-state index contributed by atoms with van der Waals surface area (Å²) < 4.78 is 79.7. The van der Waals surface area contributed by atoms with Gasteiger partial charge in [-0.1, -0.05) is 28.9 Å². The third-order valence-corrected chi connectivity index (χ3v) is 3.51. The number of nitrogens with zero attached hydrogens (tertiary/aromatic N) is 1. The first-order valence-electron chi connectivity index (χ1n) is 6.61. The number of carbonyl (C=O) groups is 1. The van der Waals surface area contributed by atoms with Gasteiger partial charge in [0.15, 0.2) is 11.5 Å². The summed E-state index contributed by atoms with van der Waals surface area (Å²) in [7, 11) is 0. The zero-order valence-corrected chi connectivity index (χ0v) is 13.1. The van der Waals surface area contributed by atoms with Crippen LogP contribution in [0.2, 0.25) is 5.02 Å². The number of amides is 1. The average molecular weight is 387 g/mol. The Morgan fingerprint density at radius 2 is 1.72 bits per heavy atom. The van der Waals surface area contributed by atoms with Gasteiger partial charge in [0.1, 0.15) is 11.1 Å². The van der Waals surface area contributed by atoms with Gasteiger partial charge in [-0.2, -0.15) is 26.3 Å². The maximum absolute atomic E-state index is 12.5. The molecule has 0 saturated heterocycles. The maximum Gasteiger partial charge on any atom is 0.416 e. The largest absolute Gasteiger partial charge is 0.416 e. The second kappa shape index (κ2) is 6.58. The summed E-state index contributed by atoms with van der Waals surface area (Å²) >= 11 is 5.86. The molecule has 11 heteroatoms. The van der Waals surface area contributed by atoms with E-state index in [4.69, 9.17) is 16.1 Å². The van der Waals surface area contributed by atoms with Gasteiger partial charge in [0, 0.05) is 5.56 Å². The number of hydrogen-bond donors (Lipinski definition) is 1. The topological polar surface area (TPSA) is 55.1 Å². The average Bonchev–Trinajstić information content (AvgIpc) is 2.87. The second-order valence-corrected chi connectivity index (χ2v) is 5.36. The van der Waals surface area contributed by atoms with Crippen LogP contribution in [0.5, 0.6) is 0 Å². The lowest BCUT2D eigenvalue weighted by molar-refractivity contribution is -0.149. The third kappa shape index (κ3) is 4.25. The number of alkyl halides is 6. The molecule has 4 nitrogen and oxygen atoms in total. The van der Waals surface area contributed by atoms with Crippen molar-refractivity contribution in [2.45, 2.75) is 25.3 Å². The van der Waals surface area contributed by atoms with Crippen molar-refractivity contribution in [3.63, 3.8) is 0 Å². The van der Waals surface area contributed by atoms with Crippen molar-refractivity contribution >= 4 is 17.5 Å². The van der Waals surface area contributed by atoms with Crippen molar-refractivity contribution in [2.24, 2.45) is 0 Å². The highest BCUT2D eigenvalue weighted by Gasteiger charge is 2.38. The Bertz CT molecular complexity index is 767. The maximum atomic E-state index is 12.5. The molecule has 2 aromatic rings. The van der Waals surface area contributed by atoms with E-state index < -0.39 is 40.6 Å². The Balaban J connectivity index is 2.25. The Labute approximate surface area is 141 Å². The summed E-state index contributed by atoms with van der Waals surface area (Å²) in [6.07, 6.45) is -9.20. The van der Waals surface area contributed by atoms with Gasteiger partial charge in [0.25, 0.3) is 5.91 Å². The van der Waals surface area contributed by atoms with Crippen LogP contribution in [-0.4, -0.2) is 23.3 Å². The normalized spacial score (nSPS) is 13.6. The molecule has 25 heavy (non-hydrogen) atoms. The lowest BCUT2D eigenvalue weighted by Crippen LogP contribution is -2.43. The van der Waals surface area contributed by atoms with Gasteiger partial charge in [-0.25, -0.2) is 0 Å². The number of nitrogens with one attached hydrogen (secondary N) is 1. The molecule has 0 radical (unpaired) electrons. The first-order chi connectivity index (χ1) is 11.4. The molecule has 0 bridgehead atoms. The fraction of sp³-hybridized carbons (Fsp3) is 0.286. The molecule has 1 unspecified atom stereocenters. The van der Waals surface area contributed by atoms with Crippen LogP contribution in [0.15, 0.2) is 28.8 Å². The van der Waals surface area contributed by atoms with Gasteiger partial charge in [0.05, 0.1) is 5.56 Å². The molecule has 0 aliphatic carbocycles. The lowest BCUT2D eigenvalue weighted by Gasteiger charge is -2.16. The second-order valence-electron chi connectivity index (χ2n) is 4.99. The summed E-state index contributed by atoms with van der Waals surface area (Å²) in [5.41, 5.74) is -1.44. The van der Waals surface area contributed by atoms with E-state index in [0.29, 0.717) is 0 Å². The predicted molar refractivity (Wildman–Crippen MR) is 74.9 cm³/mol. The predicted octanol–water partition coefficient (Wildman–Crippen LogP) is 4.69. The summed E-state index contributed by atoms with van der Waals surface area (Å²) in [5.74, 6) is -1.46. The molecule has 0 aliphatic heterocycles. The third-order valence-electron chi connectivity index (χ3n) is 3.16. The molecule has 2 rings (SSSR count). The van der Waals surface area contributed by atoms with E-state index in [9.17, 15) is 31.1 Å². The van der Waals surface area contributed by atoms with Crippen LogP contribution >= 0.6 is 11.6 Å². The molecule has 136 valence electrons. The molecular formula is C14H9ClF6N2O2. The fourth-order valence-corrected chi connectivity index (χ4v) is 2.02. The Morgan fingerprint density at radius 1 is 1.16 bits per heavy atom. The lowest BCUT2D eigenvalue weighted by atomic mass is 10.1. The molecule has 1 amide bonds. The highest BCUT2D eigenvalue weighted by molar-refractivity contribution is 6.35. The van der Waals surface area contributed by atoms with E-state index in [-0.39, 0.29) is 11.3 Å². The zero-order chi connectivity index (χ0) is 19.0. The molecule has 1 N–H and O–H groups in total. The molecule has 1 atom stereocenters. The number of aromatic nitrogens is 1. The number of rotatable bonds is 3. The molecule has 0 aliphatic rings. The van der Waals surface area contributed by atoms with Crippen molar-refractivity contribution in [1.29, 1.82) is 0 Å². The Hall–Kier alpha value is -2.23. The van der Waals surface area contributed by atoms with Gasteiger partial charge in [0.2, 0.25) is 0 Å². The van der Waals surface area contributed by atoms with E-state index >= 15 is 0 Å². The molecule has 1 aromatic carbocycles.